The average Bonchev–Trinajstić information content (AvgIpc) is 2.64. The van der Waals surface area contributed by atoms with Gasteiger partial charge in [0.2, 0.25) is 11.8 Å². The van der Waals surface area contributed by atoms with E-state index in [0.29, 0.717) is 17.7 Å². The van der Waals surface area contributed by atoms with Gasteiger partial charge in [0.05, 0.1) is 11.8 Å². The van der Waals surface area contributed by atoms with Gasteiger partial charge in [0.25, 0.3) is 0 Å². The standard InChI is InChI=1S/C8H10BF3NO2/c10-9(11,12)4-13-7(14)5-2-1-3-6(5)8(13)15/h5-6H,1-4H2/q-1. The fraction of sp³-hybridized carbons (Fsp3) is 0.750. The number of carbonyl (C=O) groups is 2. The molecule has 0 aromatic rings. The lowest BCUT2D eigenvalue weighted by Crippen LogP contribution is -2.42. The molecule has 0 radical (unpaired) electrons. The summed E-state index contributed by atoms with van der Waals surface area (Å²) in [5, 5.41) is 0. The third-order valence-electron chi connectivity index (χ3n) is 3.07. The van der Waals surface area contributed by atoms with Crippen molar-refractivity contribution in [3.05, 3.63) is 0 Å². The third-order valence-corrected chi connectivity index (χ3v) is 3.07. The lowest BCUT2D eigenvalue weighted by Gasteiger charge is -2.22. The maximum atomic E-state index is 12.1. The fourth-order valence-corrected chi connectivity index (χ4v) is 2.45. The third kappa shape index (κ3) is 1.75. The topological polar surface area (TPSA) is 37.4 Å². The zero-order valence-corrected chi connectivity index (χ0v) is 7.96. The fourth-order valence-electron chi connectivity index (χ4n) is 2.45. The van der Waals surface area contributed by atoms with Gasteiger partial charge in [-0.05, 0) is 19.3 Å². The summed E-state index contributed by atoms with van der Waals surface area (Å²) >= 11 is 0. The molecule has 7 heteroatoms. The van der Waals surface area contributed by atoms with E-state index in [-0.39, 0.29) is 0 Å². The van der Waals surface area contributed by atoms with Gasteiger partial charge in [0.1, 0.15) is 0 Å². The Balaban J connectivity index is 2.15. The van der Waals surface area contributed by atoms with E-state index in [1.54, 1.807) is 0 Å². The number of imide groups is 1. The summed E-state index contributed by atoms with van der Waals surface area (Å²) in [6, 6.07) is 0. The van der Waals surface area contributed by atoms with E-state index in [9.17, 15) is 22.5 Å². The van der Waals surface area contributed by atoms with Crippen LogP contribution in [0.4, 0.5) is 12.9 Å². The quantitative estimate of drug-likeness (QED) is 0.517. The van der Waals surface area contributed by atoms with Crippen LogP contribution in [-0.2, 0) is 9.59 Å². The van der Waals surface area contributed by atoms with Gasteiger partial charge in [-0.15, -0.1) is 0 Å². The van der Waals surface area contributed by atoms with Gasteiger partial charge in [0, 0.05) is 0 Å². The molecule has 2 aliphatic rings. The van der Waals surface area contributed by atoms with Crippen molar-refractivity contribution in [2.45, 2.75) is 19.3 Å². The Morgan fingerprint density at radius 1 is 1.13 bits per heavy atom. The number of amides is 2. The lowest BCUT2D eigenvalue weighted by molar-refractivity contribution is -0.139. The molecule has 0 aromatic carbocycles. The van der Waals surface area contributed by atoms with Crippen LogP contribution in [0, 0.1) is 11.8 Å². The van der Waals surface area contributed by atoms with Crippen LogP contribution >= 0.6 is 0 Å². The highest BCUT2D eigenvalue weighted by Crippen LogP contribution is 2.40. The van der Waals surface area contributed by atoms with Gasteiger partial charge in [-0.25, -0.2) is 0 Å². The molecule has 0 spiro atoms. The first-order chi connectivity index (χ1) is 6.90. The van der Waals surface area contributed by atoms with Gasteiger partial charge in [-0.1, -0.05) is 6.42 Å². The number of likely N-dealkylation sites (tertiary alicyclic amines) is 1. The Morgan fingerprint density at radius 2 is 1.60 bits per heavy atom. The van der Waals surface area contributed by atoms with Crippen LogP contribution in [0.25, 0.3) is 0 Å². The Labute approximate surface area is 84.7 Å². The molecule has 2 atom stereocenters. The predicted molar refractivity (Wildman–Crippen MR) is 46.6 cm³/mol. The Bertz CT molecular complexity index is 295. The highest BCUT2D eigenvalue weighted by Gasteiger charge is 2.50. The molecule has 1 heterocycles. The van der Waals surface area contributed by atoms with Crippen LogP contribution in [0.3, 0.4) is 0 Å². The molecule has 2 amide bonds. The molecule has 1 saturated carbocycles. The summed E-state index contributed by atoms with van der Waals surface area (Å²) in [4.78, 5) is 23.4. The molecule has 1 aliphatic carbocycles. The smallest absolute Gasteiger partial charge is 0.448 e. The molecule has 84 valence electrons. The summed E-state index contributed by atoms with van der Waals surface area (Å²) < 4.78 is 36.4. The first-order valence-electron chi connectivity index (χ1n) is 4.96. The zero-order chi connectivity index (χ0) is 11.2. The van der Waals surface area contributed by atoms with E-state index in [1.165, 1.54) is 0 Å². The normalized spacial score (nSPS) is 31.3. The monoisotopic (exact) mass is 220 g/mol. The number of rotatable bonds is 2. The molecule has 1 aliphatic heterocycles. The second-order valence-electron chi connectivity index (χ2n) is 4.14. The highest BCUT2D eigenvalue weighted by molar-refractivity contribution is 6.59. The van der Waals surface area contributed by atoms with Crippen molar-refractivity contribution in [1.82, 2.24) is 4.90 Å². The molecule has 0 N–H and O–H groups in total. The van der Waals surface area contributed by atoms with Crippen molar-refractivity contribution in [2.75, 3.05) is 6.44 Å². The molecule has 2 fully saturated rings. The van der Waals surface area contributed by atoms with Crippen LogP contribution in [0.2, 0.25) is 0 Å². The van der Waals surface area contributed by atoms with Crippen LogP contribution in [0.1, 0.15) is 19.3 Å². The van der Waals surface area contributed by atoms with Gasteiger partial charge in [-0.3, -0.25) is 9.59 Å². The summed E-state index contributed by atoms with van der Waals surface area (Å²) in [6.07, 6.45) is 0.496. The molecule has 0 aromatic heterocycles. The summed E-state index contributed by atoms with van der Waals surface area (Å²) in [6.45, 7) is -5.11. The molecule has 1 saturated heterocycles. The van der Waals surface area contributed by atoms with Crippen molar-refractivity contribution in [2.24, 2.45) is 11.8 Å². The number of fused-ring (bicyclic) bond motifs is 1. The van der Waals surface area contributed by atoms with Crippen molar-refractivity contribution in [3.8, 4) is 0 Å². The van der Waals surface area contributed by atoms with Crippen molar-refractivity contribution in [1.29, 1.82) is 0 Å². The largest absolute Gasteiger partial charge is 0.497 e. The van der Waals surface area contributed by atoms with E-state index in [1.807, 2.05) is 0 Å². The van der Waals surface area contributed by atoms with Crippen LogP contribution in [-0.4, -0.2) is 30.1 Å². The number of hydrogen-bond donors (Lipinski definition) is 0. The van der Waals surface area contributed by atoms with Crippen LogP contribution in [0.15, 0.2) is 0 Å². The average molecular weight is 220 g/mol. The molecule has 2 unspecified atom stereocenters. The lowest BCUT2D eigenvalue weighted by atomic mass is 9.91. The minimum Gasteiger partial charge on any atom is -0.448 e. The van der Waals surface area contributed by atoms with E-state index >= 15 is 0 Å². The summed E-state index contributed by atoms with van der Waals surface area (Å²) in [5.41, 5.74) is 0. The maximum Gasteiger partial charge on any atom is 0.497 e. The summed E-state index contributed by atoms with van der Waals surface area (Å²) in [5.74, 6) is -2.20. The van der Waals surface area contributed by atoms with E-state index in [2.05, 4.69) is 0 Å². The molecule has 2 rings (SSSR count). The van der Waals surface area contributed by atoms with Gasteiger partial charge in [0.15, 0.2) is 0 Å². The van der Waals surface area contributed by atoms with Crippen molar-refractivity contribution >= 4 is 18.8 Å². The molecular weight excluding hydrogens is 210 g/mol. The SMILES string of the molecule is O=C1C2CCCC2C(=O)N1C[B-](F)(F)F. The minimum absolute atomic E-state index is 0.397. The van der Waals surface area contributed by atoms with Crippen LogP contribution in [0.5, 0.6) is 0 Å². The molecule has 3 nitrogen and oxygen atoms in total. The Hall–Kier alpha value is -1.01. The minimum atomic E-state index is -5.11. The first-order valence-corrected chi connectivity index (χ1v) is 4.96. The summed E-state index contributed by atoms with van der Waals surface area (Å²) in [7, 11) is 0. The number of nitrogens with zero attached hydrogens (tertiary/aromatic N) is 1. The molecule has 15 heavy (non-hydrogen) atoms. The number of hydrogen-bond acceptors (Lipinski definition) is 2. The highest BCUT2D eigenvalue weighted by atomic mass is 19.4. The van der Waals surface area contributed by atoms with E-state index < -0.39 is 37.1 Å². The zero-order valence-electron chi connectivity index (χ0n) is 7.96. The van der Waals surface area contributed by atoms with Crippen molar-refractivity contribution < 1.29 is 22.5 Å². The second-order valence-corrected chi connectivity index (χ2v) is 4.14. The Kier molecular flexibility index (Phi) is 2.28. The van der Waals surface area contributed by atoms with E-state index in [0.717, 1.165) is 6.42 Å². The Morgan fingerprint density at radius 3 is 2.00 bits per heavy atom. The maximum absolute atomic E-state index is 12.1. The van der Waals surface area contributed by atoms with E-state index in [4.69, 9.17) is 0 Å². The van der Waals surface area contributed by atoms with Crippen LogP contribution < -0.4 is 0 Å². The van der Waals surface area contributed by atoms with Gasteiger partial charge in [-0.2, -0.15) is 0 Å². The molecule has 0 bridgehead atoms. The predicted octanol–water partition coefficient (Wildman–Crippen LogP) is 1.16. The second kappa shape index (κ2) is 3.25. The first kappa shape index (κ1) is 10.5. The van der Waals surface area contributed by atoms with Gasteiger partial charge >= 0.3 is 6.98 Å². The number of carbonyl (C=O) groups excluding carboxylic acids is 2. The van der Waals surface area contributed by atoms with Gasteiger partial charge < -0.3 is 17.8 Å². The van der Waals surface area contributed by atoms with Crippen molar-refractivity contribution in [3.63, 3.8) is 0 Å². The molecular formula is C8H10BF3NO2-. The number of halogens is 3.